The number of aromatic nitrogens is 2. The summed E-state index contributed by atoms with van der Waals surface area (Å²) in [5, 5.41) is 13.2. The average molecular weight is 338 g/mol. The Bertz CT molecular complexity index is 763. The lowest BCUT2D eigenvalue weighted by atomic mass is 10.1. The van der Waals surface area contributed by atoms with Gasteiger partial charge in [-0.25, -0.2) is 0 Å². The highest BCUT2D eigenvalue weighted by molar-refractivity contribution is 9.10. The number of hydrogen-bond donors (Lipinski definition) is 2. The number of halogens is 1. The molecule has 3 rings (SSSR count). The highest BCUT2D eigenvalue weighted by Gasteiger charge is 2.05. The van der Waals surface area contributed by atoms with Crippen molar-refractivity contribution < 1.29 is 0 Å². The van der Waals surface area contributed by atoms with E-state index in [0.717, 1.165) is 20.7 Å². The number of hydrogen-bond acceptors (Lipinski definition) is 4. The van der Waals surface area contributed by atoms with Crippen molar-refractivity contribution in [3.8, 4) is 0 Å². The Morgan fingerprint density at radius 3 is 2.67 bits per heavy atom. The Morgan fingerprint density at radius 1 is 1.17 bits per heavy atom. The minimum atomic E-state index is 0.666. The van der Waals surface area contributed by atoms with Crippen molar-refractivity contribution in [3.63, 3.8) is 0 Å². The third kappa shape index (κ3) is 2.19. The largest absolute Gasteiger partial charge is 0.330 e. The predicted octanol–water partition coefficient (Wildman–Crippen LogP) is 4.86. The van der Waals surface area contributed by atoms with Crippen LogP contribution in [0.15, 0.2) is 40.9 Å². The standard InChI is InChI=1S/C12H8BrN3S2/c13-9-5-6-10(8-4-2-1-3-7(8)9)14-11-15-16-12(17)18-11/h1-6H,(H,14,15)(H,16,17). The van der Waals surface area contributed by atoms with Gasteiger partial charge < -0.3 is 5.32 Å². The van der Waals surface area contributed by atoms with Crippen molar-refractivity contribution in [2.24, 2.45) is 0 Å². The van der Waals surface area contributed by atoms with Gasteiger partial charge in [0.05, 0.1) is 0 Å². The van der Waals surface area contributed by atoms with E-state index < -0.39 is 0 Å². The molecule has 6 heteroatoms. The second-order valence-corrected chi connectivity index (χ2v) is 6.20. The maximum atomic E-state index is 5.02. The van der Waals surface area contributed by atoms with Crippen LogP contribution in [0.4, 0.5) is 10.8 Å². The highest BCUT2D eigenvalue weighted by Crippen LogP contribution is 2.31. The number of fused-ring (bicyclic) bond motifs is 1. The Hall–Kier alpha value is -1.24. The molecule has 0 aliphatic carbocycles. The number of anilines is 2. The van der Waals surface area contributed by atoms with E-state index in [9.17, 15) is 0 Å². The normalized spacial score (nSPS) is 10.7. The fraction of sp³-hybridized carbons (Fsp3) is 0. The Kier molecular flexibility index (Phi) is 3.15. The van der Waals surface area contributed by atoms with Crippen LogP contribution in [0.2, 0.25) is 0 Å². The van der Waals surface area contributed by atoms with Gasteiger partial charge >= 0.3 is 0 Å². The maximum absolute atomic E-state index is 5.02. The molecule has 0 saturated heterocycles. The minimum Gasteiger partial charge on any atom is -0.330 e. The van der Waals surface area contributed by atoms with Crippen LogP contribution in [0, 0.1) is 3.95 Å². The van der Waals surface area contributed by atoms with Crippen LogP contribution < -0.4 is 5.32 Å². The number of nitrogens with zero attached hydrogens (tertiary/aromatic N) is 1. The molecule has 2 aromatic carbocycles. The van der Waals surface area contributed by atoms with E-state index in [4.69, 9.17) is 12.2 Å². The lowest BCUT2D eigenvalue weighted by molar-refractivity contribution is 1.08. The van der Waals surface area contributed by atoms with E-state index >= 15 is 0 Å². The Balaban J connectivity index is 2.12. The molecule has 0 aliphatic heterocycles. The summed E-state index contributed by atoms with van der Waals surface area (Å²) >= 11 is 10.00. The first kappa shape index (κ1) is 11.8. The molecule has 0 saturated carbocycles. The lowest BCUT2D eigenvalue weighted by Gasteiger charge is -2.08. The zero-order chi connectivity index (χ0) is 12.5. The molecule has 0 spiro atoms. The van der Waals surface area contributed by atoms with Crippen LogP contribution in [0.3, 0.4) is 0 Å². The van der Waals surface area contributed by atoms with Gasteiger partial charge in [0.15, 0.2) is 3.95 Å². The van der Waals surface area contributed by atoms with Crippen LogP contribution >= 0.6 is 39.5 Å². The van der Waals surface area contributed by atoms with Gasteiger partial charge in [-0.15, -0.1) is 5.10 Å². The van der Waals surface area contributed by atoms with Crippen LogP contribution in [0.25, 0.3) is 10.8 Å². The summed E-state index contributed by atoms with van der Waals surface area (Å²) in [6, 6.07) is 12.3. The molecular formula is C12H8BrN3S2. The molecule has 1 aromatic heterocycles. The number of benzene rings is 2. The van der Waals surface area contributed by atoms with E-state index in [0.29, 0.717) is 3.95 Å². The summed E-state index contributed by atoms with van der Waals surface area (Å²) in [4.78, 5) is 0. The molecule has 90 valence electrons. The van der Waals surface area contributed by atoms with Gasteiger partial charge in [0.1, 0.15) is 0 Å². The Morgan fingerprint density at radius 2 is 1.94 bits per heavy atom. The molecule has 18 heavy (non-hydrogen) atoms. The number of aromatic amines is 1. The van der Waals surface area contributed by atoms with Crippen LogP contribution in [0.5, 0.6) is 0 Å². The molecular weight excluding hydrogens is 330 g/mol. The van der Waals surface area contributed by atoms with Crippen LogP contribution in [-0.4, -0.2) is 10.2 Å². The highest BCUT2D eigenvalue weighted by atomic mass is 79.9. The summed E-state index contributed by atoms with van der Waals surface area (Å²) in [6.07, 6.45) is 0. The third-order valence-electron chi connectivity index (χ3n) is 2.55. The van der Waals surface area contributed by atoms with E-state index in [1.165, 1.54) is 16.7 Å². The summed E-state index contributed by atoms with van der Waals surface area (Å²) in [5.74, 6) is 0. The first-order valence-corrected chi connectivity index (χ1v) is 7.25. The number of H-pyrrole nitrogens is 1. The van der Waals surface area contributed by atoms with Gasteiger partial charge in [-0.1, -0.05) is 51.5 Å². The fourth-order valence-electron chi connectivity index (χ4n) is 1.77. The minimum absolute atomic E-state index is 0.666. The topological polar surface area (TPSA) is 40.7 Å². The van der Waals surface area contributed by atoms with Crippen LogP contribution in [0.1, 0.15) is 0 Å². The quantitative estimate of drug-likeness (QED) is 0.656. The fourth-order valence-corrected chi connectivity index (χ4v) is 3.05. The van der Waals surface area contributed by atoms with Gasteiger partial charge in [-0.05, 0) is 29.7 Å². The van der Waals surface area contributed by atoms with E-state index in [1.54, 1.807) is 0 Å². The first-order valence-electron chi connectivity index (χ1n) is 5.24. The Labute approximate surface area is 121 Å². The molecule has 0 radical (unpaired) electrons. The second kappa shape index (κ2) is 4.79. The van der Waals surface area contributed by atoms with Crippen molar-refractivity contribution in [1.29, 1.82) is 0 Å². The molecule has 0 bridgehead atoms. The van der Waals surface area contributed by atoms with Gasteiger partial charge in [-0.3, -0.25) is 5.10 Å². The van der Waals surface area contributed by atoms with Gasteiger partial charge in [0, 0.05) is 15.5 Å². The van der Waals surface area contributed by atoms with Crippen molar-refractivity contribution in [2.45, 2.75) is 0 Å². The summed E-state index contributed by atoms with van der Waals surface area (Å²) in [6.45, 7) is 0. The van der Waals surface area contributed by atoms with E-state index in [1.807, 2.05) is 24.3 Å². The molecule has 0 unspecified atom stereocenters. The smallest absolute Gasteiger partial charge is 0.208 e. The molecule has 0 atom stereocenters. The van der Waals surface area contributed by atoms with Gasteiger partial charge in [0.2, 0.25) is 5.13 Å². The molecule has 2 N–H and O–H groups in total. The summed E-state index contributed by atoms with van der Waals surface area (Å²) in [7, 11) is 0. The maximum Gasteiger partial charge on any atom is 0.208 e. The van der Waals surface area contributed by atoms with E-state index in [-0.39, 0.29) is 0 Å². The van der Waals surface area contributed by atoms with Crippen molar-refractivity contribution >= 4 is 61.1 Å². The SMILES string of the molecule is S=c1[nH]nc(Nc2ccc(Br)c3ccccc23)s1. The molecule has 0 amide bonds. The monoisotopic (exact) mass is 337 g/mol. The molecule has 1 heterocycles. The number of nitrogens with one attached hydrogen (secondary N) is 2. The average Bonchev–Trinajstić information content (AvgIpc) is 2.79. The van der Waals surface area contributed by atoms with E-state index in [2.05, 4.69) is 43.6 Å². The third-order valence-corrected chi connectivity index (χ3v) is 4.25. The summed E-state index contributed by atoms with van der Waals surface area (Å²) in [5.41, 5.74) is 1.02. The molecule has 0 fully saturated rings. The molecule has 3 aromatic rings. The summed E-state index contributed by atoms with van der Waals surface area (Å²) < 4.78 is 1.75. The molecule has 0 aliphatic rings. The predicted molar refractivity (Wildman–Crippen MR) is 82.2 cm³/mol. The zero-order valence-electron chi connectivity index (χ0n) is 9.11. The van der Waals surface area contributed by atoms with Gasteiger partial charge in [0.25, 0.3) is 0 Å². The lowest BCUT2D eigenvalue weighted by Crippen LogP contribution is -1.91. The van der Waals surface area contributed by atoms with Crippen molar-refractivity contribution in [2.75, 3.05) is 5.32 Å². The molecule has 3 nitrogen and oxygen atoms in total. The number of rotatable bonds is 2. The van der Waals surface area contributed by atoms with Crippen molar-refractivity contribution in [1.82, 2.24) is 10.2 Å². The van der Waals surface area contributed by atoms with Gasteiger partial charge in [-0.2, -0.15) is 0 Å². The first-order chi connectivity index (χ1) is 8.74. The second-order valence-electron chi connectivity index (χ2n) is 3.68. The van der Waals surface area contributed by atoms with Crippen LogP contribution in [-0.2, 0) is 0 Å². The zero-order valence-corrected chi connectivity index (χ0v) is 12.3. The van der Waals surface area contributed by atoms with Crippen molar-refractivity contribution in [3.05, 3.63) is 44.8 Å².